The van der Waals surface area contributed by atoms with E-state index in [2.05, 4.69) is 25.8 Å². The Hall–Kier alpha value is -4.20. The Labute approximate surface area is 204 Å². The summed E-state index contributed by atoms with van der Waals surface area (Å²) in [6, 6.07) is 10.1. The highest BCUT2D eigenvalue weighted by atomic mass is 32.3. The summed E-state index contributed by atoms with van der Waals surface area (Å²) < 4.78 is 44.3. The third kappa shape index (κ3) is 3.28. The van der Waals surface area contributed by atoms with E-state index in [4.69, 9.17) is 11.2 Å². The van der Waals surface area contributed by atoms with Gasteiger partial charge in [0.1, 0.15) is 16.3 Å². The van der Waals surface area contributed by atoms with Gasteiger partial charge in [0.05, 0.1) is 29.4 Å². The van der Waals surface area contributed by atoms with Crippen LogP contribution in [-0.2, 0) is 10.2 Å². The topological polar surface area (TPSA) is 106 Å². The first-order valence-electron chi connectivity index (χ1n) is 11.1. The SMILES string of the molecule is C#Cc1ccc2c(c1)[nH]c1c2c(=O)c2cc(OC)c(-c3cncc(S(=O)(=O)F)c3)cc2n1C1CNC1. The van der Waals surface area contributed by atoms with Crippen LogP contribution in [0.5, 0.6) is 5.75 Å². The number of halogens is 1. The summed E-state index contributed by atoms with van der Waals surface area (Å²) in [7, 11) is -3.50. The number of pyridine rings is 2. The zero-order valence-corrected chi connectivity index (χ0v) is 19.8. The minimum atomic E-state index is -4.95. The van der Waals surface area contributed by atoms with Crippen LogP contribution in [0.3, 0.4) is 0 Å². The summed E-state index contributed by atoms with van der Waals surface area (Å²) in [4.78, 5) is 20.5. The summed E-state index contributed by atoms with van der Waals surface area (Å²) in [6.07, 6.45) is 7.95. The number of terminal acetylenes is 1. The minimum Gasteiger partial charge on any atom is -0.496 e. The molecule has 8 nitrogen and oxygen atoms in total. The number of hydrogen-bond acceptors (Lipinski definition) is 6. The monoisotopic (exact) mass is 502 g/mol. The van der Waals surface area contributed by atoms with E-state index in [1.54, 1.807) is 18.2 Å². The van der Waals surface area contributed by atoms with Crippen molar-refractivity contribution >= 4 is 43.1 Å². The molecule has 6 rings (SSSR count). The first kappa shape index (κ1) is 22.3. The predicted molar refractivity (Wildman–Crippen MR) is 135 cm³/mol. The van der Waals surface area contributed by atoms with Crippen LogP contribution in [0.1, 0.15) is 11.6 Å². The lowest BCUT2D eigenvalue weighted by molar-refractivity contribution is 0.357. The Morgan fingerprint density at radius 2 is 1.97 bits per heavy atom. The largest absolute Gasteiger partial charge is 0.496 e. The van der Waals surface area contributed by atoms with Crippen LogP contribution in [0.4, 0.5) is 3.89 Å². The Bertz CT molecular complexity index is 1930. The number of hydrogen-bond donors (Lipinski definition) is 2. The number of aromatic amines is 1. The molecule has 1 saturated heterocycles. The molecule has 2 aromatic carbocycles. The highest BCUT2D eigenvalue weighted by molar-refractivity contribution is 7.86. The lowest BCUT2D eigenvalue weighted by Gasteiger charge is -2.32. The van der Waals surface area contributed by atoms with Gasteiger partial charge in [0.2, 0.25) is 0 Å². The fourth-order valence-electron chi connectivity index (χ4n) is 4.82. The molecular weight excluding hydrogens is 483 g/mol. The fourth-order valence-corrected chi connectivity index (χ4v) is 5.27. The molecule has 1 aliphatic heterocycles. The Morgan fingerprint density at radius 3 is 2.64 bits per heavy atom. The average molecular weight is 503 g/mol. The molecule has 1 fully saturated rings. The van der Waals surface area contributed by atoms with Crippen molar-refractivity contribution in [3.8, 4) is 29.2 Å². The lowest BCUT2D eigenvalue weighted by atomic mass is 10.0. The quantitative estimate of drug-likeness (QED) is 0.288. The zero-order chi connectivity index (χ0) is 25.2. The van der Waals surface area contributed by atoms with E-state index in [1.165, 1.54) is 19.4 Å². The predicted octanol–water partition coefficient (Wildman–Crippen LogP) is 3.49. The molecule has 4 heterocycles. The molecule has 180 valence electrons. The highest BCUT2D eigenvalue weighted by Gasteiger charge is 2.26. The molecule has 0 atom stereocenters. The molecule has 5 aromatic rings. The Kier molecular flexibility index (Phi) is 4.90. The van der Waals surface area contributed by atoms with Gasteiger partial charge in [-0.3, -0.25) is 9.78 Å². The minimum absolute atomic E-state index is 0.0627. The van der Waals surface area contributed by atoms with Gasteiger partial charge in [-0.1, -0.05) is 12.0 Å². The smallest absolute Gasteiger partial charge is 0.333 e. The standard InChI is InChI=1S/C26H19FN4O4S/c1-3-14-4-5-18-21(6-14)30-26-24(18)25(32)20-9-23(35-2)19(8-22(20)31(26)16-11-29-12-16)15-7-17(13-28-10-15)36(27,33)34/h1,4-10,13,16,29-30H,11-12H2,2H3. The van der Waals surface area contributed by atoms with Crippen molar-refractivity contribution in [1.82, 2.24) is 19.9 Å². The van der Waals surface area contributed by atoms with Crippen molar-refractivity contribution in [2.75, 3.05) is 20.2 Å². The fraction of sp³-hybridized carbons (Fsp3) is 0.154. The molecule has 1 aliphatic rings. The summed E-state index contributed by atoms with van der Waals surface area (Å²) in [5, 5.41) is 5.03. The van der Waals surface area contributed by atoms with Crippen LogP contribution in [-0.4, -0.2) is 43.2 Å². The number of nitrogens with zero attached hydrogens (tertiary/aromatic N) is 2. The van der Waals surface area contributed by atoms with Crippen molar-refractivity contribution < 1.29 is 17.0 Å². The summed E-state index contributed by atoms with van der Waals surface area (Å²) in [6.45, 7) is 1.41. The van der Waals surface area contributed by atoms with Gasteiger partial charge in [0, 0.05) is 53.1 Å². The second-order valence-electron chi connectivity index (χ2n) is 8.68. The molecule has 36 heavy (non-hydrogen) atoms. The van der Waals surface area contributed by atoms with E-state index in [9.17, 15) is 17.1 Å². The summed E-state index contributed by atoms with van der Waals surface area (Å²) >= 11 is 0. The molecule has 0 amide bonds. The number of methoxy groups -OCH3 is 1. The van der Waals surface area contributed by atoms with Crippen LogP contribution >= 0.6 is 0 Å². The van der Waals surface area contributed by atoms with E-state index in [0.717, 1.165) is 17.1 Å². The van der Waals surface area contributed by atoms with Gasteiger partial charge < -0.3 is 19.6 Å². The molecule has 10 heteroatoms. The van der Waals surface area contributed by atoms with Crippen molar-refractivity contribution in [3.63, 3.8) is 0 Å². The van der Waals surface area contributed by atoms with Gasteiger partial charge in [-0.25, -0.2) is 0 Å². The number of ether oxygens (including phenoxy) is 1. The average Bonchev–Trinajstić information content (AvgIpc) is 3.22. The number of nitrogens with one attached hydrogen (secondary N) is 2. The number of aromatic nitrogens is 3. The molecule has 0 aliphatic carbocycles. The van der Waals surface area contributed by atoms with Crippen LogP contribution in [0.2, 0.25) is 0 Å². The second kappa shape index (κ2) is 7.91. The maximum absolute atomic E-state index is 13.8. The van der Waals surface area contributed by atoms with Gasteiger partial charge in [0.25, 0.3) is 0 Å². The molecule has 0 radical (unpaired) electrons. The number of H-pyrrole nitrogens is 1. The summed E-state index contributed by atoms with van der Waals surface area (Å²) in [5.41, 5.74) is 3.39. The first-order chi connectivity index (χ1) is 17.3. The normalized spacial score (nSPS) is 14.2. The Balaban J connectivity index is 1.74. The van der Waals surface area contributed by atoms with Crippen LogP contribution < -0.4 is 15.5 Å². The summed E-state index contributed by atoms with van der Waals surface area (Å²) in [5.74, 6) is 2.95. The van der Waals surface area contributed by atoms with E-state index in [1.807, 2.05) is 12.1 Å². The van der Waals surface area contributed by atoms with E-state index >= 15 is 0 Å². The molecular formula is C26H19FN4O4S. The highest BCUT2D eigenvalue weighted by Crippen LogP contribution is 2.37. The third-order valence-corrected chi connectivity index (χ3v) is 7.45. The van der Waals surface area contributed by atoms with Gasteiger partial charge in [-0.2, -0.15) is 8.42 Å². The molecule has 0 bridgehead atoms. The van der Waals surface area contributed by atoms with Crippen LogP contribution in [0.25, 0.3) is 44.0 Å². The molecule has 0 unspecified atom stereocenters. The van der Waals surface area contributed by atoms with Crippen molar-refractivity contribution in [1.29, 1.82) is 0 Å². The van der Waals surface area contributed by atoms with E-state index in [-0.39, 0.29) is 11.5 Å². The lowest BCUT2D eigenvalue weighted by Crippen LogP contribution is -2.44. The van der Waals surface area contributed by atoms with Crippen LogP contribution in [0.15, 0.2) is 58.5 Å². The number of fused-ring (bicyclic) bond motifs is 4. The number of benzene rings is 2. The second-order valence-corrected chi connectivity index (χ2v) is 10.0. The van der Waals surface area contributed by atoms with E-state index in [0.29, 0.717) is 57.5 Å². The molecule has 0 saturated carbocycles. The maximum Gasteiger partial charge on any atom is 0.333 e. The third-order valence-electron chi connectivity index (χ3n) is 6.67. The first-order valence-corrected chi connectivity index (χ1v) is 12.5. The van der Waals surface area contributed by atoms with Gasteiger partial charge in [-0.15, -0.1) is 10.3 Å². The van der Waals surface area contributed by atoms with Crippen LogP contribution in [0, 0.1) is 12.3 Å². The molecule has 2 N–H and O–H groups in total. The maximum atomic E-state index is 13.8. The molecule has 3 aromatic heterocycles. The van der Waals surface area contributed by atoms with Gasteiger partial charge in [0.15, 0.2) is 5.43 Å². The van der Waals surface area contributed by atoms with Gasteiger partial charge in [-0.05, 0) is 30.3 Å². The van der Waals surface area contributed by atoms with Crippen molar-refractivity contribution in [2.24, 2.45) is 0 Å². The van der Waals surface area contributed by atoms with E-state index < -0.39 is 15.1 Å². The zero-order valence-electron chi connectivity index (χ0n) is 19.0. The Morgan fingerprint density at radius 1 is 1.17 bits per heavy atom. The molecule has 0 spiro atoms. The van der Waals surface area contributed by atoms with Crippen molar-refractivity contribution in [3.05, 3.63) is 64.6 Å². The van der Waals surface area contributed by atoms with Crippen molar-refractivity contribution in [2.45, 2.75) is 10.9 Å². The number of rotatable bonds is 4. The van der Waals surface area contributed by atoms with Gasteiger partial charge >= 0.3 is 10.2 Å².